The Balaban J connectivity index is 1.25. The summed E-state index contributed by atoms with van der Waals surface area (Å²) in [5.41, 5.74) is -0.652. The van der Waals surface area contributed by atoms with Gasteiger partial charge < -0.3 is 19.5 Å². The molecule has 1 N–H and O–H groups in total. The molecule has 1 aliphatic carbocycles. The van der Waals surface area contributed by atoms with E-state index >= 15 is 0 Å². The third-order valence-electron chi connectivity index (χ3n) is 8.69. The van der Waals surface area contributed by atoms with Gasteiger partial charge >= 0.3 is 6.18 Å². The lowest BCUT2D eigenvalue weighted by atomic mass is 9.77. The van der Waals surface area contributed by atoms with Crippen molar-refractivity contribution in [2.24, 2.45) is 5.41 Å². The number of rotatable bonds is 6. The summed E-state index contributed by atoms with van der Waals surface area (Å²) in [5.74, 6) is 0.424. The Kier molecular flexibility index (Phi) is 7.60. The molecule has 212 valence electrons. The Morgan fingerprint density at radius 2 is 1.90 bits per heavy atom. The zero-order valence-corrected chi connectivity index (χ0v) is 22.3. The molecule has 4 heterocycles. The van der Waals surface area contributed by atoms with E-state index < -0.39 is 22.8 Å². The quantitative estimate of drug-likeness (QED) is 0.591. The molecule has 3 aliphatic rings. The maximum atomic E-state index is 13.9. The number of likely N-dealkylation sites (tertiary alicyclic amines) is 1. The standard InChI is InChI=1S/C28H35F3N4O4/c1-38-18-26(25(36)34-11-7-23-19(16-34)13-21(15-32-23)28(29,30)31)10-12-35(17-26)22-5-8-27(37,9-6-22)20-3-4-24(39-2)33-14-20/h3-4,13-15,22,37H,5-12,16-18H2,1-2H3. The van der Waals surface area contributed by atoms with E-state index in [1.807, 2.05) is 6.07 Å². The summed E-state index contributed by atoms with van der Waals surface area (Å²) in [6.07, 6.45) is 1.84. The highest BCUT2D eigenvalue weighted by molar-refractivity contribution is 5.84. The van der Waals surface area contributed by atoms with Crippen LogP contribution in [0.1, 0.15) is 54.5 Å². The minimum atomic E-state index is -4.48. The smallest absolute Gasteiger partial charge is 0.417 e. The number of ether oxygens (including phenoxy) is 2. The van der Waals surface area contributed by atoms with Crippen LogP contribution in [0, 0.1) is 5.41 Å². The summed E-state index contributed by atoms with van der Waals surface area (Å²) < 4.78 is 50.4. The molecular weight excluding hydrogens is 513 g/mol. The molecule has 1 saturated heterocycles. The van der Waals surface area contributed by atoms with Crippen LogP contribution in [0.25, 0.3) is 0 Å². The zero-order valence-electron chi connectivity index (χ0n) is 22.3. The number of aromatic nitrogens is 2. The highest BCUT2D eigenvalue weighted by Gasteiger charge is 2.49. The zero-order chi connectivity index (χ0) is 27.8. The van der Waals surface area contributed by atoms with Gasteiger partial charge in [0.15, 0.2) is 0 Å². The fourth-order valence-electron chi connectivity index (χ4n) is 6.45. The van der Waals surface area contributed by atoms with E-state index in [0.717, 1.165) is 37.2 Å². The molecule has 1 saturated carbocycles. The topological polar surface area (TPSA) is 88.0 Å². The molecule has 11 heteroatoms. The highest BCUT2D eigenvalue weighted by atomic mass is 19.4. The summed E-state index contributed by atoms with van der Waals surface area (Å²) in [6, 6.07) is 4.95. The summed E-state index contributed by atoms with van der Waals surface area (Å²) in [4.78, 5) is 26.1. The third kappa shape index (κ3) is 5.49. The van der Waals surface area contributed by atoms with E-state index in [2.05, 4.69) is 14.9 Å². The summed E-state index contributed by atoms with van der Waals surface area (Å²) in [5, 5.41) is 11.3. The average molecular weight is 549 g/mol. The van der Waals surface area contributed by atoms with Gasteiger partial charge in [0.05, 0.1) is 30.3 Å². The van der Waals surface area contributed by atoms with E-state index in [4.69, 9.17) is 9.47 Å². The fourth-order valence-corrected chi connectivity index (χ4v) is 6.45. The van der Waals surface area contributed by atoms with Gasteiger partial charge in [-0.1, -0.05) is 0 Å². The summed E-state index contributed by atoms with van der Waals surface area (Å²) >= 11 is 0. The maximum absolute atomic E-state index is 13.9. The van der Waals surface area contributed by atoms with Gasteiger partial charge in [0.25, 0.3) is 0 Å². The number of fused-ring (bicyclic) bond motifs is 1. The third-order valence-corrected chi connectivity index (χ3v) is 8.69. The van der Waals surface area contributed by atoms with Crippen molar-refractivity contribution >= 4 is 5.91 Å². The van der Waals surface area contributed by atoms with Crippen molar-refractivity contribution in [3.05, 3.63) is 53.0 Å². The number of nitrogens with zero attached hydrogens (tertiary/aromatic N) is 4. The Labute approximate surface area is 226 Å². The molecule has 2 aromatic rings. The molecule has 1 amide bonds. The maximum Gasteiger partial charge on any atom is 0.417 e. The normalized spacial score (nSPS) is 27.8. The van der Waals surface area contributed by atoms with E-state index in [0.29, 0.717) is 55.9 Å². The number of aliphatic hydroxyl groups is 1. The van der Waals surface area contributed by atoms with Crippen LogP contribution < -0.4 is 4.74 Å². The van der Waals surface area contributed by atoms with Crippen LogP contribution >= 0.6 is 0 Å². The minimum absolute atomic E-state index is 0.0773. The summed E-state index contributed by atoms with van der Waals surface area (Å²) in [7, 11) is 3.13. The number of carbonyl (C=O) groups is 1. The van der Waals surface area contributed by atoms with E-state index in [1.54, 1.807) is 31.4 Å². The van der Waals surface area contributed by atoms with Gasteiger partial charge in [0.1, 0.15) is 0 Å². The van der Waals surface area contributed by atoms with Gasteiger partial charge in [-0.15, -0.1) is 0 Å². The second kappa shape index (κ2) is 10.7. The first kappa shape index (κ1) is 27.8. The van der Waals surface area contributed by atoms with Gasteiger partial charge in [0.2, 0.25) is 11.8 Å². The molecule has 2 aliphatic heterocycles. The molecule has 0 spiro atoms. The Bertz CT molecular complexity index is 1180. The van der Waals surface area contributed by atoms with Crippen molar-refractivity contribution in [1.82, 2.24) is 19.8 Å². The van der Waals surface area contributed by atoms with Crippen molar-refractivity contribution in [3.8, 4) is 5.88 Å². The minimum Gasteiger partial charge on any atom is -0.481 e. The highest BCUT2D eigenvalue weighted by Crippen LogP contribution is 2.42. The average Bonchev–Trinajstić information content (AvgIpc) is 3.37. The number of pyridine rings is 2. The van der Waals surface area contributed by atoms with Crippen LogP contribution in [0.2, 0.25) is 0 Å². The van der Waals surface area contributed by atoms with Crippen molar-refractivity contribution in [3.63, 3.8) is 0 Å². The van der Waals surface area contributed by atoms with Crippen LogP contribution in [0.4, 0.5) is 13.2 Å². The van der Waals surface area contributed by atoms with Crippen molar-refractivity contribution in [2.75, 3.05) is 40.5 Å². The van der Waals surface area contributed by atoms with E-state index in [-0.39, 0.29) is 25.1 Å². The largest absolute Gasteiger partial charge is 0.481 e. The molecule has 8 nitrogen and oxygen atoms in total. The van der Waals surface area contributed by atoms with Gasteiger partial charge in [0, 0.05) is 68.9 Å². The van der Waals surface area contributed by atoms with Gasteiger partial charge in [-0.05, 0) is 56.3 Å². The van der Waals surface area contributed by atoms with Crippen molar-refractivity contribution in [1.29, 1.82) is 0 Å². The van der Waals surface area contributed by atoms with Crippen LogP contribution in [-0.4, -0.2) is 77.3 Å². The van der Waals surface area contributed by atoms with Crippen molar-refractivity contribution in [2.45, 2.75) is 62.9 Å². The van der Waals surface area contributed by atoms with Gasteiger partial charge in [-0.3, -0.25) is 14.7 Å². The number of carbonyl (C=O) groups excluding carboxylic acids is 1. The van der Waals surface area contributed by atoms with Crippen LogP contribution in [0.5, 0.6) is 5.88 Å². The molecule has 0 radical (unpaired) electrons. The fraction of sp³-hybridized carbons (Fsp3) is 0.607. The second-order valence-electron chi connectivity index (χ2n) is 11.1. The molecule has 0 aromatic carbocycles. The molecule has 1 atom stereocenters. The Morgan fingerprint density at radius 3 is 2.54 bits per heavy atom. The lowest BCUT2D eigenvalue weighted by Gasteiger charge is -2.41. The summed E-state index contributed by atoms with van der Waals surface area (Å²) in [6.45, 7) is 2.04. The first-order chi connectivity index (χ1) is 18.6. The lowest BCUT2D eigenvalue weighted by Crippen LogP contribution is -2.50. The molecule has 2 fully saturated rings. The predicted molar refractivity (Wildman–Crippen MR) is 136 cm³/mol. The van der Waals surface area contributed by atoms with Crippen LogP contribution in [0.15, 0.2) is 30.6 Å². The number of alkyl halides is 3. The first-order valence-corrected chi connectivity index (χ1v) is 13.4. The molecular formula is C28H35F3N4O4. The number of amides is 1. The monoisotopic (exact) mass is 548 g/mol. The van der Waals surface area contributed by atoms with E-state index in [9.17, 15) is 23.1 Å². The van der Waals surface area contributed by atoms with Crippen LogP contribution in [0.3, 0.4) is 0 Å². The molecule has 2 aromatic heterocycles. The molecule has 39 heavy (non-hydrogen) atoms. The number of hydrogen-bond acceptors (Lipinski definition) is 7. The molecule has 1 unspecified atom stereocenters. The van der Waals surface area contributed by atoms with Gasteiger partial charge in [-0.25, -0.2) is 4.98 Å². The second-order valence-corrected chi connectivity index (χ2v) is 11.1. The SMILES string of the molecule is COCC1(C(=O)N2CCc3ncc(C(F)(F)F)cc3C2)CCN(C2CCC(O)(c3ccc(OC)nc3)CC2)C1. The predicted octanol–water partition coefficient (Wildman–Crippen LogP) is 3.56. The number of methoxy groups -OCH3 is 2. The number of halogens is 3. The first-order valence-electron chi connectivity index (χ1n) is 13.4. The Hall–Kier alpha value is -2.76. The Morgan fingerprint density at radius 1 is 1.13 bits per heavy atom. The van der Waals surface area contributed by atoms with Gasteiger partial charge in [-0.2, -0.15) is 13.2 Å². The lowest BCUT2D eigenvalue weighted by molar-refractivity contribution is -0.146. The molecule has 5 rings (SSSR count). The van der Waals surface area contributed by atoms with Crippen molar-refractivity contribution < 1.29 is 32.5 Å². The molecule has 0 bridgehead atoms. The number of hydrogen-bond donors (Lipinski definition) is 1. The van der Waals surface area contributed by atoms with Crippen LogP contribution in [-0.2, 0) is 34.3 Å². The van der Waals surface area contributed by atoms with E-state index in [1.165, 1.54) is 0 Å².